The average Bonchev–Trinajstić information content (AvgIpc) is 2.34. The first-order valence-electron chi connectivity index (χ1n) is 7.57. The van der Waals surface area contributed by atoms with Crippen molar-refractivity contribution in [3.8, 4) is 0 Å². The molecule has 4 nitrogen and oxygen atoms in total. The molecule has 0 aromatic heterocycles. The van der Waals surface area contributed by atoms with Crippen molar-refractivity contribution in [1.82, 2.24) is 10.2 Å². The highest BCUT2D eigenvalue weighted by molar-refractivity contribution is 5.80. The smallest absolute Gasteiger partial charge is 0.327 e. The number of esters is 1. The Labute approximate surface area is 117 Å². The summed E-state index contributed by atoms with van der Waals surface area (Å²) in [4.78, 5) is 14.6. The molecule has 0 aromatic carbocycles. The van der Waals surface area contributed by atoms with Crippen LogP contribution in [0.5, 0.6) is 0 Å². The second kappa shape index (κ2) is 7.25. The number of carbonyl (C=O) groups is 1. The molecule has 0 amide bonds. The van der Waals surface area contributed by atoms with E-state index in [2.05, 4.69) is 24.1 Å². The molecule has 0 bridgehead atoms. The van der Waals surface area contributed by atoms with Crippen LogP contribution in [-0.2, 0) is 9.53 Å². The van der Waals surface area contributed by atoms with E-state index in [9.17, 15) is 4.79 Å². The molecule has 1 aliphatic rings. The lowest BCUT2D eigenvalue weighted by Crippen LogP contribution is -2.59. The summed E-state index contributed by atoms with van der Waals surface area (Å²) in [5, 5.41) is 3.30. The van der Waals surface area contributed by atoms with Crippen LogP contribution in [0.1, 0.15) is 41.0 Å². The Kier molecular flexibility index (Phi) is 6.27. The van der Waals surface area contributed by atoms with Gasteiger partial charge in [-0.15, -0.1) is 0 Å². The largest absolute Gasteiger partial charge is 0.465 e. The van der Waals surface area contributed by atoms with Gasteiger partial charge in [0.15, 0.2) is 0 Å². The van der Waals surface area contributed by atoms with Gasteiger partial charge in [-0.25, -0.2) is 0 Å². The van der Waals surface area contributed by atoms with Gasteiger partial charge in [0.1, 0.15) is 5.54 Å². The van der Waals surface area contributed by atoms with Gasteiger partial charge in [0, 0.05) is 13.1 Å². The third kappa shape index (κ3) is 4.46. The highest BCUT2D eigenvalue weighted by atomic mass is 16.5. The van der Waals surface area contributed by atoms with Gasteiger partial charge in [-0.3, -0.25) is 4.79 Å². The van der Waals surface area contributed by atoms with Crippen LogP contribution in [0.15, 0.2) is 0 Å². The molecule has 1 N–H and O–H groups in total. The number of hydrogen-bond acceptors (Lipinski definition) is 4. The predicted molar refractivity (Wildman–Crippen MR) is 78.1 cm³/mol. The number of hydrogen-bond donors (Lipinski definition) is 1. The molecule has 3 atom stereocenters. The minimum atomic E-state index is -0.592. The monoisotopic (exact) mass is 270 g/mol. The Balaban J connectivity index is 2.65. The zero-order valence-corrected chi connectivity index (χ0v) is 13.2. The first kappa shape index (κ1) is 16.4. The van der Waals surface area contributed by atoms with Crippen LogP contribution in [0.3, 0.4) is 0 Å². The van der Waals surface area contributed by atoms with E-state index in [0.29, 0.717) is 12.5 Å². The number of carbonyl (C=O) groups excluding carboxylic acids is 1. The number of nitrogens with one attached hydrogen (secondary N) is 1. The Morgan fingerprint density at radius 3 is 2.58 bits per heavy atom. The van der Waals surface area contributed by atoms with E-state index in [1.807, 2.05) is 20.8 Å². The summed E-state index contributed by atoms with van der Waals surface area (Å²) in [6.45, 7) is 14.5. The average molecular weight is 270 g/mol. The number of likely N-dealkylation sites (tertiary alicyclic amines) is 1. The Bertz CT molecular complexity index is 296. The normalized spacial score (nSPS) is 27.8. The van der Waals surface area contributed by atoms with Crippen molar-refractivity contribution in [1.29, 1.82) is 0 Å². The first-order chi connectivity index (χ1) is 8.92. The minimum absolute atomic E-state index is 0.136. The molecule has 1 fully saturated rings. The molecule has 1 aliphatic heterocycles. The van der Waals surface area contributed by atoms with Gasteiger partial charge >= 0.3 is 5.97 Å². The summed E-state index contributed by atoms with van der Waals surface area (Å²) in [7, 11) is 0. The van der Waals surface area contributed by atoms with Gasteiger partial charge in [-0.2, -0.15) is 0 Å². The lowest BCUT2D eigenvalue weighted by molar-refractivity contribution is -0.151. The second-order valence-electron chi connectivity index (χ2n) is 6.06. The van der Waals surface area contributed by atoms with E-state index in [4.69, 9.17) is 4.74 Å². The molecule has 0 saturated carbocycles. The fourth-order valence-corrected chi connectivity index (χ4v) is 2.81. The molecule has 4 heteroatoms. The minimum Gasteiger partial charge on any atom is -0.465 e. The van der Waals surface area contributed by atoms with Crippen LogP contribution < -0.4 is 5.32 Å². The number of likely N-dealkylation sites (N-methyl/N-ethyl adjacent to an activating group) is 1. The zero-order valence-electron chi connectivity index (χ0n) is 13.2. The van der Waals surface area contributed by atoms with E-state index in [-0.39, 0.29) is 5.97 Å². The number of rotatable bonds is 6. The molecule has 19 heavy (non-hydrogen) atoms. The highest BCUT2D eigenvalue weighted by Gasteiger charge is 2.37. The van der Waals surface area contributed by atoms with Crippen molar-refractivity contribution in [2.24, 2.45) is 11.8 Å². The van der Waals surface area contributed by atoms with E-state index in [1.165, 1.54) is 6.42 Å². The number of ether oxygens (including phenoxy) is 1. The lowest BCUT2D eigenvalue weighted by Gasteiger charge is -2.40. The van der Waals surface area contributed by atoms with E-state index >= 15 is 0 Å². The van der Waals surface area contributed by atoms with Crippen molar-refractivity contribution in [2.45, 2.75) is 46.6 Å². The standard InChI is InChI=1S/C15H30N2O2/c1-6-16-15(5,14(18)19-7-2)11-17-9-8-12(3)13(4)10-17/h12-13,16H,6-11H2,1-5H3. The molecule has 1 saturated heterocycles. The van der Waals surface area contributed by atoms with Crippen molar-refractivity contribution in [2.75, 3.05) is 32.8 Å². The number of piperidine rings is 1. The maximum atomic E-state index is 12.2. The van der Waals surface area contributed by atoms with Gasteiger partial charge in [0.25, 0.3) is 0 Å². The summed E-state index contributed by atoms with van der Waals surface area (Å²) < 4.78 is 5.22. The van der Waals surface area contributed by atoms with Gasteiger partial charge in [-0.05, 0) is 45.2 Å². The van der Waals surface area contributed by atoms with E-state index < -0.39 is 5.54 Å². The highest BCUT2D eigenvalue weighted by Crippen LogP contribution is 2.24. The summed E-state index contributed by atoms with van der Waals surface area (Å²) in [6.07, 6.45) is 1.21. The SMILES string of the molecule is CCNC(C)(CN1CCC(C)C(C)C1)C(=O)OCC. The van der Waals surface area contributed by atoms with Crippen molar-refractivity contribution in [3.63, 3.8) is 0 Å². The van der Waals surface area contributed by atoms with E-state index in [1.54, 1.807) is 0 Å². The van der Waals surface area contributed by atoms with E-state index in [0.717, 1.165) is 32.1 Å². The molecule has 0 aromatic rings. The molecular weight excluding hydrogens is 240 g/mol. The molecule has 1 heterocycles. The van der Waals surface area contributed by atoms with Crippen molar-refractivity contribution >= 4 is 5.97 Å². The molecule has 112 valence electrons. The van der Waals surface area contributed by atoms with Crippen molar-refractivity contribution in [3.05, 3.63) is 0 Å². The maximum Gasteiger partial charge on any atom is 0.327 e. The Hall–Kier alpha value is -0.610. The third-order valence-corrected chi connectivity index (χ3v) is 4.25. The molecule has 3 unspecified atom stereocenters. The third-order valence-electron chi connectivity index (χ3n) is 4.25. The lowest BCUT2D eigenvalue weighted by atomic mass is 9.87. The summed E-state index contributed by atoms with van der Waals surface area (Å²) in [5.41, 5.74) is -0.592. The summed E-state index contributed by atoms with van der Waals surface area (Å²) in [5.74, 6) is 1.34. The topological polar surface area (TPSA) is 41.6 Å². The summed E-state index contributed by atoms with van der Waals surface area (Å²) >= 11 is 0. The first-order valence-corrected chi connectivity index (χ1v) is 7.57. The van der Waals surface area contributed by atoms with Crippen LogP contribution in [-0.4, -0.2) is 49.2 Å². The molecule has 0 aliphatic carbocycles. The van der Waals surface area contributed by atoms with Gasteiger partial charge in [0.2, 0.25) is 0 Å². The van der Waals surface area contributed by atoms with Crippen LogP contribution in [0.25, 0.3) is 0 Å². The van der Waals surface area contributed by atoms with Gasteiger partial charge in [-0.1, -0.05) is 20.8 Å². The molecule has 1 rings (SSSR count). The summed E-state index contributed by atoms with van der Waals surface area (Å²) in [6, 6.07) is 0. The van der Waals surface area contributed by atoms with Crippen molar-refractivity contribution < 1.29 is 9.53 Å². The second-order valence-corrected chi connectivity index (χ2v) is 6.06. The van der Waals surface area contributed by atoms with Gasteiger partial charge < -0.3 is 15.0 Å². The van der Waals surface area contributed by atoms with Crippen LogP contribution >= 0.6 is 0 Å². The number of nitrogens with zero attached hydrogens (tertiary/aromatic N) is 1. The molecule has 0 spiro atoms. The van der Waals surface area contributed by atoms with Crippen LogP contribution in [0.2, 0.25) is 0 Å². The van der Waals surface area contributed by atoms with Crippen LogP contribution in [0, 0.1) is 11.8 Å². The Morgan fingerprint density at radius 1 is 1.37 bits per heavy atom. The fourth-order valence-electron chi connectivity index (χ4n) is 2.81. The van der Waals surface area contributed by atoms with Crippen LogP contribution in [0.4, 0.5) is 0 Å². The predicted octanol–water partition coefficient (Wildman–Crippen LogP) is 1.90. The molecular formula is C15H30N2O2. The zero-order chi connectivity index (χ0) is 14.5. The fraction of sp³-hybridized carbons (Fsp3) is 0.933. The quantitative estimate of drug-likeness (QED) is 0.749. The van der Waals surface area contributed by atoms with Gasteiger partial charge in [0.05, 0.1) is 6.61 Å². The molecule has 0 radical (unpaired) electrons. The maximum absolute atomic E-state index is 12.2. The Morgan fingerprint density at radius 2 is 2.05 bits per heavy atom.